The molecule has 0 aliphatic heterocycles. The second-order valence-corrected chi connectivity index (χ2v) is 5.64. The molecule has 17 heavy (non-hydrogen) atoms. The van der Waals surface area contributed by atoms with E-state index in [0.717, 1.165) is 12.0 Å². The Morgan fingerprint density at radius 3 is 2.00 bits per heavy atom. The van der Waals surface area contributed by atoms with Gasteiger partial charge in [0.1, 0.15) is 0 Å². The summed E-state index contributed by atoms with van der Waals surface area (Å²) < 4.78 is 0. The SMILES string of the molecule is CCCN(CCC)CCC1CCC(NC)CC1. The summed E-state index contributed by atoms with van der Waals surface area (Å²) in [5, 5.41) is 3.42. The number of nitrogens with zero attached hydrogens (tertiary/aromatic N) is 1. The van der Waals surface area contributed by atoms with Crippen LogP contribution in [0.2, 0.25) is 0 Å². The molecule has 1 aliphatic carbocycles. The van der Waals surface area contributed by atoms with Crippen LogP contribution in [0.25, 0.3) is 0 Å². The van der Waals surface area contributed by atoms with E-state index in [0.29, 0.717) is 0 Å². The lowest BCUT2D eigenvalue weighted by Crippen LogP contribution is -2.32. The molecule has 1 rings (SSSR count). The molecule has 0 aromatic carbocycles. The van der Waals surface area contributed by atoms with E-state index in [1.165, 1.54) is 64.6 Å². The van der Waals surface area contributed by atoms with Gasteiger partial charge < -0.3 is 10.2 Å². The van der Waals surface area contributed by atoms with Crippen LogP contribution in [0.3, 0.4) is 0 Å². The molecular weight excluding hydrogens is 208 g/mol. The van der Waals surface area contributed by atoms with Crippen molar-refractivity contribution in [3.8, 4) is 0 Å². The summed E-state index contributed by atoms with van der Waals surface area (Å²) in [6.07, 6.45) is 9.69. The van der Waals surface area contributed by atoms with Crippen molar-refractivity contribution in [1.82, 2.24) is 10.2 Å². The molecular formula is C15H32N2. The van der Waals surface area contributed by atoms with Crippen LogP contribution in [0.5, 0.6) is 0 Å². The minimum Gasteiger partial charge on any atom is -0.317 e. The molecule has 2 heteroatoms. The second kappa shape index (κ2) is 8.93. The maximum atomic E-state index is 3.42. The number of hydrogen-bond donors (Lipinski definition) is 1. The van der Waals surface area contributed by atoms with Gasteiger partial charge in [-0.2, -0.15) is 0 Å². The van der Waals surface area contributed by atoms with Crippen molar-refractivity contribution in [2.45, 2.75) is 64.8 Å². The summed E-state index contributed by atoms with van der Waals surface area (Å²) >= 11 is 0. The van der Waals surface area contributed by atoms with E-state index in [2.05, 4.69) is 31.1 Å². The molecule has 0 saturated heterocycles. The van der Waals surface area contributed by atoms with Crippen LogP contribution in [-0.2, 0) is 0 Å². The van der Waals surface area contributed by atoms with Gasteiger partial charge in [-0.25, -0.2) is 0 Å². The fraction of sp³-hybridized carbons (Fsp3) is 1.00. The first-order valence-electron chi connectivity index (χ1n) is 7.69. The third-order valence-electron chi connectivity index (χ3n) is 4.19. The molecule has 1 aliphatic rings. The molecule has 0 unspecified atom stereocenters. The lowest BCUT2D eigenvalue weighted by Gasteiger charge is -2.30. The molecule has 2 nitrogen and oxygen atoms in total. The molecule has 1 saturated carbocycles. The van der Waals surface area contributed by atoms with Crippen LogP contribution in [0.15, 0.2) is 0 Å². The summed E-state index contributed by atoms with van der Waals surface area (Å²) in [5.74, 6) is 0.996. The highest BCUT2D eigenvalue weighted by Gasteiger charge is 2.20. The van der Waals surface area contributed by atoms with Crippen molar-refractivity contribution in [3.05, 3.63) is 0 Å². The van der Waals surface area contributed by atoms with Gasteiger partial charge in [0.05, 0.1) is 0 Å². The number of rotatable bonds is 8. The maximum absolute atomic E-state index is 3.42. The van der Waals surface area contributed by atoms with Crippen molar-refractivity contribution in [3.63, 3.8) is 0 Å². The van der Waals surface area contributed by atoms with Crippen LogP contribution in [0.1, 0.15) is 58.8 Å². The topological polar surface area (TPSA) is 15.3 Å². The van der Waals surface area contributed by atoms with Crippen molar-refractivity contribution in [1.29, 1.82) is 0 Å². The Labute approximate surface area is 108 Å². The van der Waals surface area contributed by atoms with Gasteiger partial charge in [-0.1, -0.05) is 13.8 Å². The zero-order chi connectivity index (χ0) is 12.5. The minimum atomic E-state index is 0.800. The Kier molecular flexibility index (Phi) is 7.87. The van der Waals surface area contributed by atoms with Gasteiger partial charge in [0, 0.05) is 6.04 Å². The highest BCUT2D eigenvalue weighted by Crippen LogP contribution is 2.26. The van der Waals surface area contributed by atoms with Crippen LogP contribution in [-0.4, -0.2) is 37.6 Å². The van der Waals surface area contributed by atoms with E-state index in [9.17, 15) is 0 Å². The average molecular weight is 240 g/mol. The van der Waals surface area contributed by atoms with E-state index >= 15 is 0 Å². The molecule has 1 N–H and O–H groups in total. The maximum Gasteiger partial charge on any atom is 0.00642 e. The summed E-state index contributed by atoms with van der Waals surface area (Å²) in [7, 11) is 2.11. The first kappa shape index (κ1) is 15.0. The smallest absolute Gasteiger partial charge is 0.00642 e. The van der Waals surface area contributed by atoms with Gasteiger partial charge in [0.2, 0.25) is 0 Å². The van der Waals surface area contributed by atoms with Gasteiger partial charge in [-0.3, -0.25) is 0 Å². The highest BCUT2D eigenvalue weighted by molar-refractivity contribution is 4.76. The number of hydrogen-bond acceptors (Lipinski definition) is 2. The lowest BCUT2D eigenvalue weighted by atomic mass is 9.84. The fourth-order valence-corrected chi connectivity index (χ4v) is 3.07. The number of nitrogens with one attached hydrogen (secondary N) is 1. The standard InChI is InChI=1S/C15H32N2/c1-4-11-17(12-5-2)13-10-14-6-8-15(16-3)9-7-14/h14-16H,4-13H2,1-3H3. The molecule has 0 aromatic rings. The first-order valence-corrected chi connectivity index (χ1v) is 7.69. The summed E-state index contributed by atoms with van der Waals surface area (Å²) in [5.41, 5.74) is 0. The van der Waals surface area contributed by atoms with Gasteiger partial charge in [-0.15, -0.1) is 0 Å². The fourth-order valence-electron chi connectivity index (χ4n) is 3.07. The van der Waals surface area contributed by atoms with Crippen LogP contribution >= 0.6 is 0 Å². The molecule has 0 heterocycles. The Morgan fingerprint density at radius 1 is 0.941 bits per heavy atom. The van der Waals surface area contributed by atoms with E-state index in [-0.39, 0.29) is 0 Å². The third kappa shape index (κ3) is 5.87. The van der Waals surface area contributed by atoms with Crippen LogP contribution in [0, 0.1) is 5.92 Å². The van der Waals surface area contributed by atoms with Crippen molar-refractivity contribution in [2.24, 2.45) is 5.92 Å². The third-order valence-corrected chi connectivity index (χ3v) is 4.19. The van der Waals surface area contributed by atoms with Crippen LogP contribution < -0.4 is 5.32 Å². The molecule has 0 bridgehead atoms. The van der Waals surface area contributed by atoms with Crippen molar-refractivity contribution in [2.75, 3.05) is 26.7 Å². The lowest BCUT2D eigenvalue weighted by molar-refractivity contribution is 0.220. The first-order chi connectivity index (χ1) is 8.30. The normalized spacial score (nSPS) is 25.4. The van der Waals surface area contributed by atoms with Crippen molar-refractivity contribution >= 4 is 0 Å². The Balaban J connectivity index is 2.16. The quantitative estimate of drug-likeness (QED) is 0.700. The van der Waals surface area contributed by atoms with Gasteiger partial charge in [0.25, 0.3) is 0 Å². The molecule has 0 atom stereocenters. The monoisotopic (exact) mass is 240 g/mol. The van der Waals surface area contributed by atoms with Gasteiger partial charge >= 0.3 is 0 Å². The van der Waals surface area contributed by atoms with E-state index in [1.54, 1.807) is 0 Å². The average Bonchev–Trinajstić information content (AvgIpc) is 2.37. The molecule has 0 amide bonds. The zero-order valence-electron chi connectivity index (χ0n) is 12.2. The van der Waals surface area contributed by atoms with E-state index < -0.39 is 0 Å². The highest BCUT2D eigenvalue weighted by atomic mass is 15.1. The molecule has 0 aromatic heterocycles. The molecule has 102 valence electrons. The molecule has 0 radical (unpaired) electrons. The summed E-state index contributed by atoms with van der Waals surface area (Å²) in [4.78, 5) is 2.66. The van der Waals surface area contributed by atoms with Gasteiger partial charge in [0.15, 0.2) is 0 Å². The van der Waals surface area contributed by atoms with E-state index in [4.69, 9.17) is 0 Å². The predicted molar refractivity (Wildman–Crippen MR) is 76.4 cm³/mol. The molecule has 1 fully saturated rings. The minimum absolute atomic E-state index is 0.800. The Bertz CT molecular complexity index is 168. The summed E-state index contributed by atoms with van der Waals surface area (Å²) in [6.45, 7) is 8.50. The Morgan fingerprint density at radius 2 is 1.53 bits per heavy atom. The Hall–Kier alpha value is -0.0800. The van der Waals surface area contributed by atoms with Crippen molar-refractivity contribution < 1.29 is 0 Å². The predicted octanol–water partition coefficient (Wildman–Crippen LogP) is 3.28. The summed E-state index contributed by atoms with van der Waals surface area (Å²) in [6, 6.07) is 0.800. The largest absolute Gasteiger partial charge is 0.317 e. The molecule has 0 spiro atoms. The van der Waals surface area contributed by atoms with Crippen LogP contribution in [0.4, 0.5) is 0 Å². The zero-order valence-corrected chi connectivity index (χ0v) is 12.2. The van der Waals surface area contributed by atoms with Gasteiger partial charge in [-0.05, 0) is 77.5 Å². The van der Waals surface area contributed by atoms with E-state index in [1.807, 2.05) is 0 Å². The second-order valence-electron chi connectivity index (χ2n) is 5.64.